The number of hydrogen-bond donors (Lipinski definition) is 3. The molecule has 3 rings (SSSR count). The lowest BCUT2D eigenvalue weighted by molar-refractivity contribution is -0.122. The molecule has 0 spiro atoms. The van der Waals surface area contributed by atoms with Gasteiger partial charge in [0.2, 0.25) is 11.8 Å². The molecular weight excluding hydrogens is 366 g/mol. The van der Waals surface area contributed by atoms with Gasteiger partial charge in [0.25, 0.3) is 0 Å². The van der Waals surface area contributed by atoms with E-state index in [0.29, 0.717) is 24.0 Å². The first-order valence-corrected chi connectivity index (χ1v) is 10.5. The van der Waals surface area contributed by atoms with Crippen LogP contribution in [0.4, 0.5) is 5.82 Å². The van der Waals surface area contributed by atoms with E-state index < -0.39 is 11.9 Å². The Kier molecular flexibility index (Phi) is 7.01. The highest BCUT2D eigenvalue weighted by molar-refractivity contribution is 5.92. The Morgan fingerprint density at radius 3 is 2.55 bits per heavy atom. The SMILES string of the molecule is CC(C)[C@H](Nc1nc(CNC(=O)CC2CCCCC2)nc2ccccc12)C(N)=O. The van der Waals surface area contributed by atoms with Crippen LogP contribution in [0.2, 0.25) is 0 Å². The van der Waals surface area contributed by atoms with Crippen molar-refractivity contribution in [3.8, 4) is 0 Å². The Labute approximate surface area is 171 Å². The Morgan fingerprint density at radius 2 is 1.86 bits per heavy atom. The lowest BCUT2D eigenvalue weighted by Crippen LogP contribution is -2.40. The van der Waals surface area contributed by atoms with Crippen LogP contribution in [0.5, 0.6) is 0 Å². The van der Waals surface area contributed by atoms with Gasteiger partial charge in [0, 0.05) is 11.8 Å². The number of carbonyl (C=O) groups excluding carboxylic acids is 2. The minimum absolute atomic E-state index is 0.0138. The minimum atomic E-state index is -0.540. The fourth-order valence-corrected chi connectivity index (χ4v) is 3.93. The average molecular weight is 398 g/mol. The summed E-state index contributed by atoms with van der Waals surface area (Å²) >= 11 is 0. The van der Waals surface area contributed by atoms with Crippen molar-refractivity contribution in [3.05, 3.63) is 30.1 Å². The molecule has 0 radical (unpaired) electrons. The highest BCUT2D eigenvalue weighted by Crippen LogP contribution is 2.26. The molecule has 1 aliphatic rings. The number of para-hydroxylation sites is 1. The Hall–Kier alpha value is -2.70. The van der Waals surface area contributed by atoms with E-state index in [-0.39, 0.29) is 18.4 Å². The maximum Gasteiger partial charge on any atom is 0.240 e. The number of benzene rings is 1. The van der Waals surface area contributed by atoms with E-state index in [1.807, 2.05) is 38.1 Å². The molecule has 2 aromatic rings. The monoisotopic (exact) mass is 397 g/mol. The van der Waals surface area contributed by atoms with Crippen LogP contribution in [0, 0.1) is 11.8 Å². The van der Waals surface area contributed by atoms with Crippen LogP contribution in [-0.4, -0.2) is 27.8 Å². The second kappa shape index (κ2) is 9.67. The van der Waals surface area contributed by atoms with Gasteiger partial charge < -0.3 is 16.4 Å². The standard InChI is InChI=1S/C22H31N5O2/c1-14(2)20(21(23)29)27-22-16-10-6-7-11-17(16)25-18(26-22)13-24-19(28)12-15-8-4-3-5-9-15/h6-7,10-11,14-15,20H,3-5,8-9,12-13H2,1-2H3,(H2,23,29)(H,24,28)(H,25,26,27)/t20-/m0/s1. The van der Waals surface area contributed by atoms with E-state index in [9.17, 15) is 9.59 Å². The molecule has 0 unspecified atom stereocenters. The maximum atomic E-state index is 12.3. The lowest BCUT2D eigenvalue weighted by atomic mass is 9.87. The first kappa shape index (κ1) is 21.0. The number of nitrogens with two attached hydrogens (primary N) is 1. The number of rotatable bonds is 8. The number of primary amides is 1. The molecule has 1 saturated carbocycles. The molecular formula is C22H31N5O2. The predicted octanol–water partition coefficient (Wildman–Crippen LogP) is 3.14. The Bertz CT molecular complexity index is 861. The molecule has 0 aliphatic heterocycles. The van der Waals surface area contributed by atoms with Crippen LogP contribution in [0.25, 0.3) is 10.9 Å². The summed E-state index contributed by atoms with van der Waals surface area (Å²) in [5.74, 6) is 1.19. The van der Waals surface area contributed by atoms with Gasteiger partial charge in [-0.2, -0.15) is 0 Å². The summed E-state index contributed by atoms with van der Waals surface area (Å²) in [6, 6.07) is 7.06. The van der Waals surface area contributed by atoms with Gasteiger partial charge in [0.15, 0.2) is 5.82 Å². The van der Waals surface area contributed by atoms with Crippen molar-refractivity contribution in [1.29, 1.82) is 0 Å². The van der Waals surface area contributed by atoms with Crippen LogP contribution < -0.4 is 16.4 Å². The van der Waals surface area contributed by atoms with Crippen LogP contribution in [0.1, 0.15) is 58.2 Å². The topological polar surface area (TPSA) is 110 Å². The quantitative estimate of drug-likeness (QED) is 0.634. The first-order valence-electron chi connectivity index (χ1n) is 10.5. The minimum Gasteiger partial charge on any atom is -0.368 e. The van der Waals surface area contributed by atoms with Gasteiger partial charge in [0.1, 0.15) is 11.9 Å². The van der Waals surface area contributed by atoms with Crippen molar-refractivity contribution in [2.24, 2.45) is 17.6 Å². The molecule has 7 nitrogen and oxygen atoms in total. The molecule has 1 aromatic heterocycles. The zero-order valence-corrected chi connectivity index (χ0v) is 17.3. The molecule has 0 bridgehead atoms. The van der Waals surface area contributed by atoms with Crippen LogP contribution >= 0.6 is 0 Å². The summed E-state index contributed by atoms with van der Waals surface area (Å²) in [7, 11) is 0. The highest BCUT2D eigenvalue weighted by Gasteiger charge is 2.22. The molecule has 1 aliphatic carbocycles. The third-order valence-electron chi connectivity index (χ3n) is 5.56. The molecule has 156 valence electrons. The van der Waals surface area contributed by atoms with E-state index in [4.69, 9.17) is 5.73 Å². The Balaban J connectivity index is 1.74. The number of hydrogen-bond acceptors (Lipinski definition) is 5. The third kappa shape index (κ3) is 5.65. The van der Waals surface area contributed by atoms with Gasteiger partial charge in [0.05, 0.1) is 12.1 Å². The number of aromatic nitrogens is 2. The smallest absolute Gasteiger partial charge is 0.240 e. The number of nitrogens with one attached hydrogen (secondary N) is 2. The largest absolute Gasteiger partial charge is 0.368 e. The zero-order valence-electron chi connectivity index (χ0n) is 17.3. The first-order chi connectivity index (χ1) is 13.9. The summed E-state index contributed by atoms with van der Waals surface area (Å²) in [5.41, 5.74) is 6.31. The van der Waals surface area contributed by atoms with Gasteiger partial charge in [-0.15, -0.1) is 0 Å². The summed E-state index contributed by atoms with van der Waals surface area (Å²) in [6.07, 6.45) is 6.56. The van der Waals surface area contributed by atoms with Crippen molar-refractivity contribution in [3.63, 3.8) is 0 Å². The van der Waals surface area contributed by atoms with Crippen molar-refractivity contribution < 1.29 is 9.59 Å². The molecule has 1 aromatic carbocycles. The van der Waals surface area contributed by atoms with Crippen molar-refractivity contribution in [2.75, 3.05) is 5.32 Å². The van der Waals surface area contributed by atoms with Gasteiger partial charge in [-0.25, -0.2) is 9.97 Å². The van der Waals surface area contributed by atoms with E-state index in [0.717, 1.165) is 23.7 Å². The summed E-state index contributed by atoms with van der Waals surface area (Å²) in [5, 5.41) is 6.95. The number of fused-ring (bicyclic) bond motifs is 1. The fraction of sp³-hybridized carbons (Fsp3) is 0.545. The zero-order chi connectivity index (χ0) is 20.8. The highest BCUT2D eigenvalue weighted by atomic mass is 16.2. The number of carbonyl (C=O) groups is 2. The van der Waals surface area contributed by atoms with Crippen LogP contribution in [0.3, 0.4) is 0 Å². The normalized spacial score (nSPS) is 16.0. The van der Waals surface area contributed by atoms with Gasteiger partial charge in [-0.1, -0.05) is 45.2 Å². The second-order valence-corrected chi connectivity index (χ2v) is 8.26. The molecule has 2 amide bonds. The van der Waals surface area contributed by atoms with E-state index in [1.54, 1.807) is 0 Å². The van der Waals surface area contributed by atoms with Crippen molar-refractivity contribution in [1.82, 2.24) is 15.3 Å². The third-order valence-corrected chi connectivity index (χ3v) is 5.56. The maximum absolute atomic E-state index is 12.3. The molecule has 4 N–H and O–H groups in total. The van der Waals surface area contributed by atoms with Gasteiger partial charge in [-0.3, -0.25) is 9.59 Å². The number of anilines is 1. The van der Waals surface area contributed by atoms with Crippen molar-refractivity contribution >= 4 is 28.5 Å². The molecule has 1 heterocycles. The Morgan fingerprint density at radius 1 is 1.14 bits per heavy atom. The molecule has 0 saturated heterocycles. The van der Waals surface area contributed by atoms with Crippen LogP contribution in [0.15, 0.2) is 24.3 Å². The molecule has 7 heteroatoms. The summed E-state index contributed by atoms with van der Waals surface area (Å²) in [6.45, 7) is 4.12. The average Bonchev–Trinajstić information content (AvgIpc) is 2.70. The molecule has 29 heavy (non-hydrogen) atoms. The molecule has 1 fully saturated rings. The van der Waals surface area contributed by atoms with E-state index in [2.05, 4.69) is 20.6 Å². The van der Waals surface area contributed by atoms with Gasteiger partial charge >= 0.3 is 0 Å². The fourth-order valence-electron chi connectivity index (χ4n) is 3.93. The number of nitrogens with zero attached hydrogens (tertiary/aromatic N) is 2. The van der Waals surface area contributed by atoms with E-state index >= 15 is 0 Å². The summed E-state index contributed by atoms with van der Waals surface area (Å²) in [4.78, 5) is 33.3. The summed E-state index contributed by atoms with van der Waals surface area (Å²) < 4.78 is 0. The second-order valence-electron chi connectivity index (χ2n) is 8.26. The predicted molar refractivity (Wildman–Crippen MR) is 114 cm³/mol. The van der Waals surface area contributed by atoms with E-state index in [1.165, 1.54) is 19.3 Å². The van der Waals surface area contributed by atoms with Crippen molar-refractivity contribution in [2.45, 2.75) is 65.0 Å². The molecule has 1 atom stereocenters. The number of amides is 2. The lowest BCUT2D eigenvalue weighted by Gasteiger charge is -2.21. The van der Waals surface area contributed by atoms with Crippen LogP contribution in [-0.2, 0) is 16.1 Å². The van der Waals surface area contributed by atoms with Gasteiger partial charge in [-0.05, 0) is 36.8 Å².